The van der Waals surface area contributed by atoms with Crippen LogP contribution in [0.5, 0.6) is 0 Å². The quantitative estimate of drug-likeness (QED) is 0.0652. The lowest BCUT2D eigenvalue weighted by atomic mass is 9.69. The van der Waals surface area contributed by atoms with E-state index in [0.29, 0.717) is 6.10 Å². The van der Waals surface area contributed by atoms with Crippen LogP contribution in [0.1, 0.15) is 279 Å². The molecule has 0 aromatic carbocycles. The largest absolute Gasteiger partial charge is 0.378 e. The Kier molecular flexibility index (Phi) is 32.3. The van der Waals surface area contributed by atoms with E-state index in [0.717, 1.165) is 6.61 Å². The number of hydrogen-bond donors (Lipinski definition) is 1. The number of ether oxygens (including phenoxy) is 1. The first-order chi connectivity index (χ1) is 24.1. The topological polar surface area (TPSA) is 21.3 Å². The Balaban J connectivity index is 2.98. The highest BCUT2D eigenvalue weighted by molar-refractivity contribution is 5.06. The van der Waals surface area contributed by atoms with Crippen molar-refractivity contribution in [3.8, 4) is 0 Å². The van der Waals surface area contributed by atoms with E-state index >= 15 is 0 Å². The summed E-state index contributed by atoms with van der Waals surface area (Å²) in [6.45, 7) is 12.5. The van der Waals surface area contributed by atoms with Gasteiger partial charge < -0.3 is 10.1 Å². The predicted octanol–water partition coefficient (Wildman–Crippen LogP) is 16.4. The molecule has 2 nitrogen and oxygen atoms in total. The molecule has 1 N–H and O–H groups in total. The zero-order valence-electron chi connectivity index (χ0n) is 35.1. The third kappa shape index (κ3) is 25.5. The molecule has 1 saturated heterocycles. The summed E-state index contributed by atoms with van der Waals surface area (Å²) in [7, 11) is 0. The van der Waals surface area contributed by atoms with Gasteiger partial charge in [0, 0.05) is 17.7 Å². The van der Waals surface area contributed by atoms with Crippen LogP contribution in [0.4, 0.5) is 0 Å². The van der Waals surface area contributed by atoms with Gasteiger partial charge in [-0.05, 0) is 45.4 Å². The summed E-state index contributed by atoms with van der Waals surface area (Å²) < 4.78 is 6.68. The molecular weight excluding hydrogens is 595 g/mol. The van der Waals surface area contributed by atoms with E-state index in [9.17, 15) is 0 Å². The standard InChI is InChI=1S/C47H95NO/c1-6-11-15-19-23-27-31-35-39-46(40-36-32-28-24-20-16-12-7-2)43-45(49-10-5)44-47(48-46,41-37-33-29-25-21-17-13-8-3)42-38-34-30-26-22-18-14-9-4/h45,48H,6-44H2,1-5H3. The van der Waals surface area contributed by atoms with Crippen LogP contribution in [-0.2, 0) is 4.74 Å². The molecule has 0 bridgehead atoms. The van der Waals surface area contributed by atoms with E-state index < -0.39 is 0 Å². The second-order valence-electron chi connectivity index (χ2n) is 17.1. The predicted molar refractivity (Wildman–Crippen MR) is 222 cm³/mol. The Labute approximate surface area is 311 Å². The van der Waals surface area contributed by atoms with Gasteiger partial charge in [-0.2, -0.15) is 0 Å². The van der Waals surface area contributed by atoms with Crippen molar-refractivity contribution >= 4 is 0 Å². The summed E-state index contributed by atoms with van der Waals surface area (Å²) >= 11 is 0. The van der Waals surface area contributed by atoms with Crippen LogP contribution in [0.25, 0.3) is 0 Å². The van der Waals surface area contributed by atoms with Gasteiger partial charge in [0.15, 0.2) is 0 Å². The fraction of sp³-hybridized carbons (Fsp3) is 1.00. The molecule has 49 heavy (non-hydrogen) atoms. The minimum atomic E-state index is 0.281. The molecule has 0 unspecified atom stereocenters. The molecule has 1 heterocycles. The molecule has 1 rings (SSSR count). The van der Waals surface area contributed by atoms with Gasteiger partial charge in [-0.25, -0.2) is 0 Å². The summed E-state index contributed by atoms with van der Waals surface area (Å²) in [5.41, 5.74) is 0.561. The zero-order chi connectivity index (χ0) is 35.6. The molecule has 2 heteroatoms. The maximum absolute atomic E-state index is 6.68. The average Bonchev–Trinajstić information content (AvgIpc) is 3.09. The number of piperidine rings is 1. The molecule has 1 aliphatic rings. The van der Waals surface area contributed by atoms with Gasteiger partial charge in [0.2, 0.25) is 0 Å². The highest BCUT2D eigenvalue weighted by atomic mass is 16.5. The van der Waals surface area contributed by atoms with Crippen LogP contribution >= 0.6 is 0 Å². The zero-order valence-corrected chi connectivity index (χ0v) is 35.1. The van der Waals surface area contributed by atoms with Crippen molar-refractivity contribution in [1.29, 1.82) is 0 Å². The molecule has 0 radical (unpaired) electrons. The molecule has 0 saturated carbocycles. The maximum atomic E-state index is 6.68. The van der Waals surface area contributed by atoms with Crippen molar-refractivity contribution in [2.24, 2.45) is 0 Å². The third-order valence-electron chi connectivity index (χ3n) is 12.2. The summed E-state index contributed by atoms with van der Waals surface area (Å²) in [5.74, 6) is 0. The van der Waals surface area contributed by atoms with Crippen LogP contribution in [0.2, 0.25) is 0 Å². The van der Waals surface area contributed by atoms with Gasteiger partial charge in [-0.3, -0.25) is 0 Å². The van der Waals surface area contributed by atoms with Gasteiger partial charge in [-0.1, -0.05) is 233 Å². The monoisotopic (exact) mass is 690 g/mol. The summed E-state index contributed by atoms with van der Waals surface area (Å²) in [6, 6.07) is 0. The van der Waals surface area contributed by atoms with Crippen LogP contribution in [0.15, 0.2) is 0 Å². The minimum Gasteiger partial charge on any atom is -0.378 e. The fourth-order valence-electron chi connectivity index (χ4n) is 9.26. The molecule has 0 aromatic heterocycles. The second kappa shape index (κ2) is 33.7. The molecule has 0 aromatic rings. The van der Waals surface area contributed by atoms with Crippen molar-refractivity contribution in [3.05, 3.63) is 0 Å². The Hall–Kier alpha value is -0.0800. The summed E-state index contributed by atoms with van der Waals surface area (Å²) in [4.78, 5) is 0. The number of unbranched alkanes of at least 4 members (excludes halogenated alkanes) is 28. The molecule has 294 valence electrons. The van der Waals surface area contributed by atoms with E-state index in [1.54, 1.807) is 0 Å². The minimum absolute atomic E-state index is 0.281. The van der Waals surface area contributed by atoms with Crippen molar-refractivity contribution < 1.29 is 4.74 Å². The molecule has 0 amide bonds. The van der Waals surface area contributed by atoms with Crippen molar-refractivity contribution in [2.75, 3.05) is 6.61 Å². The fourth-order valence-corrected chi connectivity index (χ4v) is 9.26. The van der Waals surface area contributed by atoms with Crippen molar-refractivity contribution in [3.63, 3.8) is 0 Å². The first-order valence-corrected chi connectivity index (χ1v) is 23.5. The lowest BCUT2D eigenvalue weighted by Crippen LogP contribution is -2.64. The number of rotatable bonds is 38. The average molecular weight is 690 g/mol. The second-order valence-corrected chi connectivity index (χ2v) is 17.1. The van der Waals surface area contributed by atoms with Crippen LogP contribution < -0.4 is 5.32 Å². The van der Waals surface area contributed by atoms with Crippen LogP contribution in [0, 0.1) is 0 Å². The first-order valence-electron chi connectivity index (χ1n) is 23.5. The van der Waals surface area contributed by atoms with E-state index in [4.69, 9.17) is 4.74 Å². The van der Waals surface area contributed by atoms with E-state index in [1.165, 1.54) is 244 Å². The lowest BCUT2D eigenvalue weighted by Gasteiger charge is -2.53. The summed E-state index contributed by atoms with van der Waals surface area (Å²) in [5, 5.41) is 4.66. The molecule has 0 atom stereocenters. The van der Waals surface area contributed by atoms with Crippen molar-refractivity contribution in [1.82, 2.24) is 5.32 Å². The maximum Gasteiger partial charge on any atom is 0.0610 e. The van der Waals surface area contributed by atoms with E-state index in [1.807, 2.05) is 0 Å². The third-order valence-corrected chi connectivity index (χ3v) is 12.2. The molecule has 0 aliphatic carbocycles. The van der Waals surface area contributed by atoms with Crippen molar-refractivity contribution in [2.45, 2.75) is 296 Å². The number of nitrogens with one attached hydrogen (secondary N) is 1. The Morgan fingerprint density at radius 3 is 0.796 bits per heavy atom. The molecule has 1 fully saturated rings. The van der Waals surface area contributed by atoms with E-state index in [2.05, 4.69) is 39.9 Å². The normalized spacial score (nSPS) is 16.1. The Morgan fingerprint density at radius 1 is 0.347 bits per heavy atom. The van der Waals surface area contributed by atoms with Crippen LogP contribution in [-0.4, -0.2) is 23.8 Å². The molecular formula is C47H95NO. The lowest BCUT2D eigenvalue weighted by molar-refractivity contribution is -0.0449. The van der Waals surface area contributed by atoms with Gasteiger partial charge in [0.1, 0.15) is 0 Å². The van der Waals surface area contributed by atoms with E-state index in [-0.39, 0.29) is 11.1 Å². The first kappa shape index (κ1) is 46.9. The van der Waals surface area contributed by atoms with Gasteiger partial charge in [-0.15, -0.1) is 0 Å². The van der Waals surface area contributed by atoms with Gasteiger partial charge in [0.05, 0.1) is 6.10 Å². The van der Waals surface area contributed by atoms with Crippen LogP contribution in [0.3, 0.4) is 0 Å². The summed E-state index contributed by atoms with van der Waals surface area (Å²) in [6.07, 6.45) is 54.0. The van der Waals surface area contributed by atoms with Gasteiger partial charge >= 0.3 is 0 Å². The Morgan fingerprint density at radius 2 is 0.571 bits per heavy atom. The highest BCUT2D eigenvalue weighted by Gasteiger charge is 2.46. The highest BCUT2D eigenvalue weighted by Crippen LogP contribution is 2.42. The SMILES string of the molecule is CCCCCCCCCCC1(CCCCCCCCCC)CC(OCC)CC(CCCCCCCCCC)(CCCCCCCCCC)N1. The number of hydrogen-bond acceptors (Lipinski definition) is 2. The molecule has 0 spiro atoms. The molecule has 1 aliphatic heterocycles. The van der Waals surface area contributed by atoms with Gasteiger partial charge in [0.25, 0.3) is 0 Å². The Bertz CT molecular complexity index is 568. The smallest absolute Gasteiger partial charge is 0.0610 e.